The number of nitrogens with zero attached hydrogens (tertiary/aromatic N) is 4. The van der Waals surface area contributed by atoms with Crippen LogP contribution in [0.2, 0.25) is 10.0 Å². The van der Waals surface area contributed by atoms with E-state index in [9.17, 15) is 13.2 Å². The topological polar surface area (TPSA) is 108 Å². The highest BCUT2D eigenvalue weighted by Gasteiger charge is 2.30. The second kappa shape index (κ2) is 9.57. The Hall–Kier alpha value is -2.41. The molecule has 0 saturated carbocycles. The summed E-state index contributed by atoms with van der Waals surface area (Å²) in [6.07, 6.45) is 3.34. The highest BCUT2D eigenvalue weighted by atomic mass is 35.5. The van der Waals surface area contributed by atoms with Gasteiger partial charge in [0.1, 0.15) is 5.03 Å². The molecule has 35 heavy (non-hydrogen) atoms. The second-order valence-electron chi connectivity index (χ2n) is 8.13. The van der Waals surface area contributed by atoms with Gasteiger partial charge in [0.25, 0.3) is 5.91 Å². The number of amides is 1. The normalized spacial score (nSPS) is 16.1. The number of hydrogen-bond acceptors (Lipinski definition) is 8. The molecule has 2 aliphatic heterocycles. The molecule has 0 aliphatic carbocycles. The Labute approximate surface area is 216 Å². The number of fused-ring (bicyclic) bond motifs is 2. The van der Waals surface area contributed by atoms with Gasteiger partial charge in [0.05, 0.1) is 33.4 Å². The molecule has 0 radical (unpaired) electrons. The Balaban J connectivity index is 1.32. The number of anilines is 3. The molecular weight excluding hydrogens is 531 g/mol. The zero-order valence-electron chi connectivity index (χ0n) is 18.5. The summed E-state index contributed by atoms with van der Waals surface area (Å²) >= 11 is 14.0. The van der Waals surface area contributed by atoms with Crippen LogP contribution in [0.1, 0.15) is 21.5 Å². The molecule has 0 bridgehead atoms. The van der Waals surface area contributed by atoms with Crippen LogP contribution in [-0.2, 0) is 23.0 Å². The number of hydrogen-bond donors (Lipinski definition) is 2. The number of sulfonamides is 1. The quantitative estimate of drug-likeness (QED) is 0.458. The second-order valence-corrected chi connectivity index (χ2v) is 11.6. The lowest BCUT2D eigenvalue weighted by Crippen LogP contribution is -2.44. The SMILES string of the molecule is CS(=O)(=O)NN1CCc2cc(Nc3ncc4c(n3)SCN(c3c(Cl)cccc3Cl)C4=O)ccc2C1. The molecule has 1 aromatic heterocycles. The molecule has 0 atom stereocenters. The molecule has 2 N–H and O–H groups in total. The third-order valence-corrected chi connectivity index (χ3v) is 7.71. The summed E-state index contributed by atoms with van der Waals surface area (Å²) in [5.74, 6) is 0.438. The van der Waals surface area contributed by atoms with Crippen LogP contribution >= 0.6 is 35.0 Å². The number of carbonyl (C=O) groups excluding carboxylic acids is 1. The number of para-hydroxylation sites is 1. The van der Waals surface area contributed by atoms with Crippen molar-refractivity contribution in [1.82, 2.24) is 19.8 Å². The lowest BCUT2D eigenvalue weighted by atomic mass is 10.00. The summed E-state index contributed by atoms with van der Waals surface area (Å²) in [5, 5.41) is 6.26. The number of thioether (sulfide) groups is 1. The Kier molecular flexibility index (Phi) is 6.64. The number of nitrogens with one attached hydrogen (secondary N) is 2. The summed E-state index contributed by atoms with van der Waals surface area (Å²) in [4.78, 5) is 26.0. The minimum Gasteiger partial charge on any atom is -0.324 e. The van der Waals surface area contributed by atoms with E-state index in [0.717, 1.165) is 23.1 Å². The molecule has 3 aromatic rings. The summed E-state index contributed by atoms with van der Waals surface area (Å²) in [6, 6.07) is 11.0. The van der Waals surface area contributed by atoms with Gasteiger partial charge in [-0.05, 0) is 41.8 Å². The lowest BCUT2D eigenvalue weighted by molar-refractivity contribution is 0.0985. The molecule has 1 amide bonds. The van der Waals surface area contributed by atoms with Crippen LogP contribution in [0.25, 0.3) is 0 Å². The maximum absolute atomic E-state index is 13.1. The highest BCUT2D eigenvalue weighted by Crippen LogP contribution is 2.39. The van der Waals surface area contributed by atoms with E-state index in [0.29, 0.717) is 57.7 Å². The predicted molar refractivity (Wildman–Crippen MR) is 138 cm³/mol. The third-order valence-electron chi connectivity index (χ3n) is 5.54. The van der Waals surface area contributed by atoms with Crippen LogP contribution in [0.15, 0.2) is 47.6 Å². The fourth-order valence-corrected chi connectivity index (χ4v) is 6.17. The van der Waals surface area contributed by atoms with Crippen molar-refractivity contribution in [1.29, 1.82) is 0 Å². The molecule has 0 saturated heterocycles. The molecule has 0 spiro atoms. The maximum atomic E-state index is 13.1. The average molecular weight is 551 g/mol. The Morgan fingerprint density at radius 1 is 1.11 bits per heavy atom. The first kappa shape index (κ1) is 24.3. The zero-order chi connectivity index (χ0) is 24.7. The van der Waals surface area contributed by atoms with Crippen LogP contribution in [0.3, 0.4) is 0 Å². The molecule has 182 valence electrons. The zero-order valence-corrected chi connectivity index (χ0v) is 21.6. The van der Waals surface area contributed by atoms with E-state index in [1.807, 2.05) is 18.2 Å². The van der Waals surface area contributed by atoms with Gasteiger partial charge in [-0.1, -0.05) is 47.1 Å². The van der Waals surface area contributed by atoms with Gasteiger partial charge in [0, 0.05) is 25.0 Å². The third kappa shape index (κ3) is 5.25. The van der Waals surface area contributed by atoms with Crippen LogP contribution in [0, 0.1) is 0 Å². The fourth-order valence-electron chi connectivity index (χ4n) is 4.00. The average Bonchev–Trinajstić information content (AvgIpc) is 2.79. The monoisotopic (exact) mass is 550 g/mol. The Morgan fingerprint density at radius 3 is 2.63 bits per heavy atom. The maximum Gasteiger partial charge on any atom is 0.263 e. The van der Waals surface area contributed by atoms with Gasteiger partial charge in [0.2, 0.25) is 16.0 Å². The van der Waals surface area contributed by atoms with Crippen molar-refractivity contribution in [2.75, 3.05) is 28.9 Å². The molecule has 13 heteroatoms. The van der Waals surface area contributed by atoms with Gasteiger partial charge in [-0.3, -0.25) is 9.69 Å². The van der Waals surface area contributed by atoms with E-state index in [1.54, 1.807) is 23.2 Å². The first-order valence-corrected chi connectivity index (χ1v) is 14.2. The van der Waals surface area contributed by atoms with Crippen molar-refractivity contribution in [3.63, 3.8) is 0 Å². The largest absolute Gasteiger partial charge is 0.324 e. The van der Waals surface area contributed by atoms with E-state index in [1.165, 1.54) is 22.9 Å². The van der Waals surface area contributed by atoms with E-state index in [2.05, 4.69) is 20.1 Å². The van der Waals surface area contributed by atoms with Crippen LogP contribution in [-0.4, -0.2) is 48.0 Å². The minimum atomic E-state index is -3.31. The van der Waals surface area contributed by atoms with Gasteiger partial charge in [-0.15, -0.1) is 4.83 Å². The van der Waals surface area contributed by atoms with Gasteiger partial charge in [-0.25, -0.2) is 23.4 Å². The van der Waals surface area contributed by atoms with Gasteiger partial charge < -0.3 is 5.32 Å². The summed E-state index contributed by atoms with van der Waals surface area (Å²) in [7, 11) is -3.31. The number of benzene rings is 2. The number of hydrazine groups is 1. The van der Waals surface area contributed by atoms with Crippen molar-refractivity contribution >= 4 is 68.2 Å². The van der Waals surface area contributed by atoms with Gasteiger partial charge in [0.15, 0.2) is 0 Å². The number of carbonyl (C=O) groups is 1. The Morgan fingerprint density at radius 2 is 1.89 bits per heavy atom. The fraction of sp³-hybridized carbons (Fsp3) is 0.227. The van der Waals surface area contributed by atoms with E-state index in [-0.39, 0.29) is 5.91 Å². The number of rotatable bonds is 5. The van der Waals surface area contributed by atoms with E-state index in [4.69, 9.17) is 23.2 Å². The van der Waals surface area contributed by atoms with Crippen LogP contribution < -0.4 is 15.0 Å². The Bertz CT molecular complexity index is 1420. The molecule has 9 nitrogen and oxygen atoms in total. The lowest BCUT2D eigenvalue weighted by Gasteiger charge is -2.29. The van der Waals surface area contributed by atoms with E-state index >= 15 is 0 Å². The van der Waals surface area contributed by atoms with Gasteiger partial charge in [-0.2, -0.15) is 0 Å². The molecule has 5 rings (SSSR count). The first-order valence-electron chi connectivity index (χ1n) is 10.5. The first-order chi connectivity index (χ1) is 16.7. The van der Waals surface area contributed by atoms with Crippen molar-refractivity contribution in [2.45, 2.75) is 18.0 Å². The van der Waals surface area contributed by atoms with Crippen molar-refractivity contribution in [3.8, 4) is 0 Å². The smallest absolute Gasteiger partial charge is 0.263 e. The van der Waals surface area contributed by atoms with Crippen molar-refractivity contribution in [3.05, 3.63) is 69.3 Å². The summed E-state index contributed by atoms with van der Waals surface area (Å²) in [5.41, 5.74) is 3.83. The van der Waals surface area contributed by atoms with Crippen molar-refractivity contribution < 1.29 is 13.2 Å². The van der Waals surface area contributed by atoms with E-state index < -0.39 is 10.0 Å². The number of aromatic nitrogens is 2. The minimum absolute atomic E-state index is 0.263. The number of halogens is 2. The molecule has 0 unspecified atom stereocenters. The molecular formula is C22H20Cl2N6O3S2. The van der Waals surface area contributed by atoms with Crippen LogP contribution in [0.4, 0.5) is 17.3 Å². The predicted octanol–water partition coefficient (Wildman–Crippen LogP) is 4.06. The standard InChI is InChI=1S/C22H20Cl2N6O3S2/c1-35(32,33)28-29-8-7-13-9-15(6-5-14(13)11-29)26-22-25-10-16-20(27-22)34-12-30(21(16)31)19-17(23)3-2-4-18(19)24/h2-6,9-10,28H,7-8,11-12H2,1H3,(H,25,26,27). The summed E-state index contributed by atoms with van der Waals surface area (Å²) in [6.45, 7) is 1.06. The molecule has 0 fully saturated rings. The summed E-state index contributed by atoms with van der Waals surface area (Å²) < 4.78 is 23.0. The molecule has 2 aliphatic rings. The highest BCUT2D eigenvalue weighted by molar-refractivity contribution is 7.99. The van der Waals surface area contributed by atoms with Gasteiger partial charge >= 0.3 is 0 Å². The van der Waals surface area contributed by atoms with Crippen LogP contribution in [0.5, 0.6) is 0 Å². The molecule has 3 heterocycles. The van der Waals surface area contributed by atoms with Crippen molar-refractivity contribution in [2.24, 2.45) is 0 Å². The molecule has 2 aromatic carbocycles.